The first kappa shape index (κ1) is 15.9. The number of hydrogen-bond acceptors (Lipinski definition) is 4. The molecule has 6 heteroatoms. The number of rotatable bonds is 4. The van der Waals surface area contributed by atoms with E-state index in [2.05, 4.69) is 4.90 Å². The molecule has 0 bridgehead atoms. The third-order valence-corrected chi connectivity index (χ3v) is 6.39. The van der Waals surface area contributed by atoms with E-state index in [-0.39, 0.29) is 0 Å². The summed E-state index contributed by atoms with van der Waals surface area (Å²) in [5.41, 5.74) is 1.07. The van der Waals surface area contributed by atoms with E-state index in [1.54, 1.807) is 16.4 Å². The summed E-state index contributed by atoms with van der Waals surface area (Å²) in [7, 11) is -3.35. The number of aryl methyl sites for hydroxylation is 1. The molecule has 0 amide bonds. The predicted molar refractivity (Wildman–Crippen MR) is 85.4 cm³/mol. The zero-order chi connectivity index (χ0) is 15.6. The first-order valence-electron chi connectivity index (χ1n) is 7.96. The summed E-state index contributed by atoms with van der Waals surface area (Å²) in [4.78, 5) is 2.71. The van der Waals surface area contributed by atoms with Gasteiger partial charge in [-0.25, -0.2) is 8.42 Å². The Morgan fingerprint density at radius 2 is 1.82 bits per heavy atom. The molecule has 1 atom stereocenters. The fraction of sp³-hybridized carbons (Fsp3) is 0.625. The van der Waals surface area contributed by atoms with Gasteiger partial charge in [-0.1, -0.05) is 17.7 Å². The summed E-state index contributed by atoms with van der Waals surface area (Å²) in [6.45, 7) is 6.44. The number of ether oxygens (including phenoxy) is 1. The molecule has 0 unspecified atom stereocenters. The van der Waals surface area contributed by atoms with Crippen molar-refractivity contribution in [2.75, 3.05) is 39.3 Å². The normalized spacial score (nSPS) is 24.7. The van der Waals surface area contributed by atoms with Gasteiger partial charge in [0.25, 0.3) is 0 Å². The smallest absolute Gasteiger partial charge is 0.243 e. The zero-order valence-electron chi connectivity index (χ0n) is 13.1. The fourth-order valence-corrected chi connectivity index (χ4v) is 4.51. The van der Waals surface area contributed by atoms with Crippen LogP contribution in [0.15, 0.2) is 29.2 Å². The molecule has 2 fully saturated rings. The summed E-state index contributed by atoms with van der Waals surface area (Å²) in [5.74, 6) is 0. The molecule has 0 N–H and O–H groups in total. The van der Waals surface area contributed by atoms with Crippen molar-refractivity contribution in [1.29, 1.82) is 0 Å². The SMILES string of the molecule is Cc1ccc(S(=O)(=O)N2CCN(C[C@@H]3CCCO3)CC2)cc1. The number of piperazine rings is 1. The fourth-order valence-electron chi connectivity index (χ4n) is 3.09. The molecule has 22 heavy (non-hydrogen) atoms. The number of nitrogens with zero attached hydrogens (tertiary/aromatic N) is 2. The Balaban J connectivity index is 1.59. The van der Waals surface area contributed by atoms with Gasteiger partial charge in [0.05, 0.1) is 11.0 Å². The molecule has 1 aromatic rings. The molecular weight excluding hydrogens is 300 g/mol. The molecule has 122 valence electrons. The maximum absolute atomic E-state index is 12.6. The molecule has 3 rings (SSSR count). The van der Waals surface area contributed by atoms with Crippen molar-refractivity contribution >= 4 is 10.0 Å². The van der Waals surface area contributed by atoms with E-state index in [1.165, 1.54) is 0 Å². The van der Waals surface area contributed by atoms with Crippen LogP contribution in [0.1, 0.15) is 18.4 Å². The lowest BCUT2D eigenvalue weighted by molar-refractivity contribution is 0.0617. The first-order valence-corrected chi connectivity index (χ1v) is 9.40. The molecule has 1 aromatic carbocycles. The average molecular weight is 324 g/mol. The molecule has 0 saturated carbocycles. The Hall–Kier alpha value is -0.950. The first-order chi connectivity index (χ1) is 10.6. The topological polar surface area (TPSA) is 49.9 Å². The van der Waals surface area contributed by atoms with Crippen LogP contribution in [0.4, 0.5) is 0 Å². The minimum absolute atomic E-state index is 0.334. The summed E-state index contributed by atoms with van der Waals surface area (Å²) in [5, 5.41) is 0. The van der Waals surface area contributed by atoms with Crippen molar-refractivity contribution in [3.05, 3.63) is 29.8 Å². The zero-order valence-corrected chi connectivity index (χ0v) is 13.9. The molecule has 2 aliphatic rings. The van der Waals surface area contributed by atoms with Gasteiger partial charge in [0, 0.05) is 39.3 Å². The van der Waals surface area contributed by atoms with Gasteiger partial charge in [-0.3, -0.25) is 4.90 Å². The van der Waals surface area contributed by atoms with Crippen molar-refractivity contribution < 1.29 is 13.2 Å². The van der Waals surface area contributed by atoms with Crippen LogP contribution in [0.5, 0.6) is 0 Å². The molecule has 0 radical (unpaired) electrons. The quantitative estimate of drug-likeness (QED) is 0.842. The van der Waals surface area contributed by atoms with E-state index in [4.69, 9.17) is 4.74 Å². The monoisotopic (exact) mass is 324 g/mol. The maximum atomic E-state index is 12.6. The van der Waals surface area contributed by atoms with E-state index in [9.17, 15) is 8.42 Å². The highest BCUT2D eigenvalue weighted by Crippen LogP contribution is 2.19. The van der Waals surface area contributed by atoms with Gasteiger partial charge in [-0.05, 0) is 31.9 Å². The third kappa shape index (κ3) is 3.51. The maximum Gasteiger partial charge on any atom is 0.243 e. The van der Waals surface area contributed by atoms with Gasteiger partial charge >= 0.3 is 0 Å². The van der Waals surface area contributed by atoms with Crippen molar-refractivity contribution in [2.45, 2.75) is 30.8 Å². The minimum atomic E-state index is -3.35. The lowest BCUT2D eigenvalue weighted by atomic mass is 10.2. The van der Waals surface area contributed by atoms with Gasteiger partial charge in [0.1, 0.15) is 0 Å². The van der Waals surface area contributed by atoms with Gasteiger partial charge in [0.2, 0.25) is 10.0 Å². The second-order valence-electron chi connectivity index (χ2n) is 6.15. The van der Waals surface area contributed by atoms with Crippen LogP contribution < -0.4 is 0 Å². The van der Waals surface area contributed by atoms with E-state index < -0.39 is 10.0 Å². The largest absolute Gasteiger partial charge is 0.377 e. The Morgan fingerprint density at radius 3 is 2.41 bits per heavy atom. The van der Waals surface area contributed by atoms with E-state index in [0.29, 0.717) is 24.1 Å². The molecular formula is C16H24N2O3S. The highest BCUT2D eigenvalue weighted by atomic mass is 32.2. The average Bonchev–Trinajstić information content (AvgIpc) is 3.01. The number of sulfonamides is 1. The van der Waals surface area contributed by atoms with Crippen LogP contribution in [0.3, 0.4) is 0 Å². The van der Waals surface area contributed by atoms with Crippen LogP contribution in [0.25, 0.3) is 0 Å². The Kier molecular flexibility index (Phi) is 4.82. The summed E-state index contributed by atoms with van der Waals surface area (Å²) >= 11 is 0. The molecule has 0 aromatic heterocycles. The highest BCUT2D eigenvalue weighted by Gasteiger charge is 2.29. The van der Waals surface area contributed by atoms with E-state index >= 15 is 0 Å². The summed E-state index contributed by atoms with van der Waals surface area (Å²) < 4.78 is 32.5. The lowest BCUT2D eigenvalue weighted by Crippen LogP contribution is -2.50. The molecule has 2 saturated heterocycles. The van der Waals surface area contributed by atoms with E-state index in [0.717, 1.165) is 44.6 Å². The van der Waals surface area contributed by atoms with Crippen LogP contribution in [-0.4, -0.2) is 63.1 Å². The Morgan fingerprint density at radius 1 is 1.14 bits per heavy atom. The molecule has 5 nitrogen and oxygen atoms in total. The summed E-state index contributed by atoms with van der Waals surface area (Å²) in [6.07, 6.45) is 2.61. The van der Waals surface area contributed by atoms with Gasteiger partial charge in [-0.2, -0.15) is 4.31 Å². The van der Waals surface area contributed by atoms with Crippen LogP contribution in [-0.2, 0) is 14.8 Å². The van der Waals surface area contributed by atoms with Crippen LogP contribution in [0, 0.1) is 6.92 Å². The van der Waals surface area contributed by atoms with Gasteiger partial charge < -0.3 is 4.74 Å². The molecule has 0 aliphatic carbocycles. The standard InChI is InChI=1S/C16H24N2O3S/c1-14-4-6-16(7-5-14)22(19,20)18-10-8-17(9-11-18)13-15-3-2-12-21-15/h4-7,15H,2-3,8-13H2,1H3/t15-/m0/s1. The summed E-state index contributed by atoms with van der Waals surface area (Å²) in [6, 6.07) is 7.09. The predicted octanol–water partition coefficient (Wildman–Crippen LogP) is 1.48. The van der Waals surface area contributed by atoms with E-state index in [1.807, 2.05) is 19.1 Å². The van der Waals surface area contributed by atoms with Gasteiger partial charge in [0.15, 0.2) is 0 Å². The Bertz CT molecular complexity index is 586. The molecule has 0 spiro atoms. The van der Waals surface area contributed by atoms with Crippen molar-refractivity contribution in [1.82, 2.24) is 9.21 Å². The van der Waals surface area contributed by atoms with Crippen molar-refractivity contribution in [3.63, 3.8) is 0 Å². The van der Waals surface area contributed by atoms with Crippen molar-refractivity contribution in [2.24, 2.45) is 0 Å². The van der Waals surface area contributed by atoms with Crippen molar-refractivity contribution in [3.8, 4) is 0 Å². The second-order valence-corrected chi connectivity index (χ2v) is 8.09. The highest BCUT2D eigenvalue weighted by molar-refractivity contribution is 7.89. The van der Waals surface area contributed by atoms with Crippen LogP contribution >= 0.6 is 0 Å². The second kappa shape index (κ2) is 6.66. The molecule has 2 aliphatic heterocycles. The minimum Gasteiger partial charge on any atom is -0.377 e. The lowest BCUT2D eigenvalue weighted by Gasteiger charge is -2.35. The van der Waals surface area contributed by atoms with Crippen LogP contribution in [0.2, 0.25) is 0 Å². The number of benzene rings is 1. The number of hydrogen-bond donors (Lipinski definition) is 0. The third-order valence-electron chi connectivity index (χ3n) is 4.48. The molecule has 2 heterocycles. The van der Waals surface area contributed by atoms with Gasteiger partial charge in [-0.15, -0.1) is 0 Å². The Labute approximate surface area is 132 Å².